The van der Waals surface area contributed by atoms with Crippen LogP contribution in [0.4, 0.5) is 5.69 Å². The Labute approximate surface area is 122 Å². The van der Waals surface area contributed by atoms with Gasteiger partial charge in [0.05, 0.1) is 12.2 Å². The molecule has 0 amide bonds. The third-order valence-electron chi connectivity index (χ3n) is 2.26. The molecule has 2 aromatic rings. The van der Waals surface area contributed by atoms with Gasteiger partial charge in [-0.2, -0.15) is 0 Å². The molecule has 0 fully saturated rings. The van der Waals surface area contributed by atoms with Gasteiger partial charge in [0.2, 0.25) is 0 Å². The van der Waals surface area contributed by atoms with Crippen molar-refractivity contribution in [2.45, 2.75) is 13.5 Å². The molecular weight excluding hydrogens is 343 g/mol. The average Bonchev–Trinajstić information content (AvgIpc) is 2.62. The summed E-state index contributed by atoms with van der Waals surface area (Å²) in [7, 11) is 0. The minimum Gasteiger partial charge on any atom is -0.377 e. The summed E-state index contributed by atoms with van der Waals surface area (Å²) in [6.45, 7) is 2.66. The predicted octanol–water partition coefficient (Wildman–Crippen LogP) is 5.13. The number of thiophene rings is 1. The van der Waals surface area contributed by atoms with Gasteiger partial charge in [0.25, 0.3) is 0 Å². The molecule has 0 atom stereocenters. The molecule has 2 rings (SSSR count). The summed E-state index contributed by atoms with van der Waals surface area (Å²) in [5.41, 5.74) is 1.82. The fourth-order valence-corrected chi connectivity index (χ4v) is 3.46. The lowest BCUT2D eigenvalue weighted by molar-refractivity contribution is 1.15. The van der Waals surface area contributed by atoms with Crippen LogP contribution in [-0.4, -0.2) is 4.98 Å². The van der Waals surface area contributed by atoms with Crippen LogP contribution in [0.5, 0.6) is 0 Å². The molecule has 0 aromatic carbocycles. The number of aromatic nitrogens is 1. The Morgan fingerprint density at radius 3 is 2.82 bits per heavy atom. The third kappa shape index (κ3) is 3.13. The molecule has 0 radical (unpaired) electrons. The number of hydrogen-bond donors (Lipinski definition) is 1. The Morgan fingerprint density at radius 2 is 2.24 bits per heavy atom. The minimum absolute atomic E-state index is 0.405. The maximum Gasteiger partial charge on any atom is 0.154 e. The SMILES string of the molecule is Cc1cc(Cl)nc(Cl)c1NCc1sccc1Br. The highest BCUT2D eigenvalue weighted by atomic mass is 79.9. The Hall–Kier alpha value is -0.290. The fraction of sp³-hybridized carbons (Fsp3) is 0.182. The molecule has 2 heterocycles. The van der Waals surface area contributed by atoms with E-state index in [2.05, 4.69) is 26.2 Å². The number of halogens is 3. The van der Waals surface area contributed by atoms with E-state index in [1.54, 1.807) is 17.4 Å². The summed E-state index contributed by atoms with van der Waals surface area (Å²) < 4.78 is 1.10. The van der Waals surface area contributed by atoms with Gasteiger partial charge in [-0.15, -0.1) is 11.3 Å². The summed E-state index contributed by atoms with van der Waals surface area (Å²) in [5, 5.41) is 6.13. The van der Waals surface area contributed by atoms with Crippen LogP contribution in [0.1, 0.15) is 10.4 Å². The second kappa shape index (κ2) is 5.57. The molecule has 0 saturated heterocycles. The van der Waals surface area contributed by atoms with Crippen molar-refractivity contribution in [2.75, 3.05) is 5.32 Å². The van der Waals surface area contributed by atoms with Crippen LogP contribution in [-0.2, 0) is 6.54 Å². The van der Waals surface area contributed by atoms with Crippen LogP contribution in [0.25, 0.3) is 0 Å². The highest BCUT2D eigenvalue weighted by molar-refractivity contribution is 9.10. The van der Waals surface area contributed by atoms with Gasteiger partial charge in [0.15, 0.2) is 5.15 Å². The van der Waals surface area contributed by atoms with Crippen molar-refractivity contribution in [1.82, 2.24) is 4.98 Å². The minimum atomic E-state index is 0.405. The summed E-state index contributed by atoms with van der Waals surface area (Å²) in [4.78, 5) is 5.23. The van der Waals surface area contributed by atoms with Crippen molar-refractivity contribution in [3.05, 3.63) is 42.7 Å². The number of hydrogen-bond acceptors (Lipinski definition) is 3. The fourth-order valence-electron chi connectivity index (χ4n) is 1.43. The first-order valence-electron chi connectivity index (χ1n) is 4.86. The largest absolute Gasteiger partial charge is 0.377 e. The molecule has 0 aliphatic carbocycles. The van der Waals surface area contributed by atoms with Crippen molar-refractivity contribution < 1.29 is 0 Å². The van der Waals surface area contributed by atoms with Gasteiger partial charge >= 0.3 is 0 Å². The zero-order valence-electron chi connectivity index (χ0n) is 8.93. The molecule has 0 saturated carbocycles. The van der Waals surface area contributed by atoms with Crippen LogP contribution in [0.3, 0.4) is 0 Å². The van der Waals surface area contributed by atoms with Gasteiger partial charge in [-0.3, -0.25) is 0 Å². The Balaban J connectivity index is 2.17. The lowest BCUT2D eigenvalue weighted by atomic mass is 10.2. The molecule has 1 N–H and O–H groups in total. The Kier molecular flexibility index (Phi) is 4.31. The summed E-state index contributed by atoms with van der Waals surface area (Å²) in [6.07, 6.45) is 0. The van der Waals surface area contributed by atoms with E-state index in [9.17, 15) is 0 Å². The van der Waals surface area contributed by atoms with Gasteiger partial charge in [-0.1, -0.05) is 23.2 Å². The van der Waals surface area contributed by atoms with Gasteiger partial charge in [-0.05, 0) is 45.9 Å². The average molecular weight is 352 g/mol. The third-order valence-corrected chi connectivity index (χ3v) is 4.65. The van der Waals surface area contributed by atoms with E-state index < -0.39 is 0 Å². The predicted molar refractivity (Wildman–Crippen MR) is 78.3 cm³/mol. The van der Waals surface area contributed by atoms with Crippen LogP contribution < -0.4 is 5.32 Å². The maximum atomic E-state index is 6.05. The molecular formula is C11H9BrCl2N2S. The first-order chi connectivity index (χ1) is 8.08. The van der Waals surface area contributed by atoms with Crippen molar-refractivity contribution in [2.24, 2.45) is 0 Å². The summed E-state index contributed by atoms with van der Waals surface area (Å²) >= 11 is 17.0. The number of anilines is 1. The van der Waals surface area contributed by atoms with Gasteiger partial charge in [-0.25, -0.2) is 4.98 Å². The van der Waals surface area contributed by atoms with E-state index in [1.807, 2.05) is 18.4 Å². The Bertz CT molecular complexity index is 519. The second-order valence-electron chi connectivity index (χ2n) is 3.47. The van der Waals surface area contributed by atoms with Crippen molar-refractivity contribution >= 4 is 56.2 Å². The van der Waals surface area contributed by atoms with Crippen LogP contribution >= 0.6 is 50.5 Å². The normalized spacial score (nSPS) is 10.6. The maximum absolute atomic E-state index is 6.05. The van der Waals surface area contributed by atoms with Crippen LogP contribution in [0.15, 0.2) is 22.0 Å². The quantitative estimate of drug-likeness (QED) is 0.775. The van der Waals surface area contributed by atoms with E-state index in [0.29, 0.717) is 16.9 Å². The van der Waals surface area contributed by atoms with Crippen molar-refractivity contribution in [1.29, 1.82) is 0 Å². The molecule has 0 bridgehead atoms. The van der Waals surface area contributed by atoms with Gasteiger partial charge in [0, 0.05) is 9.35 Å². The summed E-state index contributed by atoms with van der Waals surface area (Å²) in [5.74, 6) is 0. The van der Waals surface area contributed by atoms with E-state index in [0.717, 1.165) is 15.7 Å². The first-order valence-corrected chi connectivity index (χ1v) is 7.29. The molecule has 2 nitrogen and oxygen atoms in total. The molecule has 6 heteroatoms. The molecule has 0 aliphatic heterocycles. The molecule has 0 aliphatic rings. The lowest BCUT2D eigenvalue weighted by Crippen LogP contribution is -2.02. The van der Waals surface area contributed by atoms with E-state index in [1.165, 1.54) is 4.88 Å². The zero-order valence-corrected chi connectivity index (χ0v) is 12.8. The van der Waals surface area contributed by atoms with Gasteiger partial charge < -0.3 is 5.32 Å². The number of pyridine rings is 1. The first kappa shape index (κ1) is 13.1. The Morgan fingerprint density at radius 1 is 1.47 bits per heavy atom. The number of nitrogens with one attached hydrogen (secondary N) is 1. The topological polar surface area (TPSA) is 24.9 Å². The number of rotatable bonds is 3. The number of nitrogens with zero attached hydrogens (tertiary/aromatic N) is 1. The molecule has 17 heavy (non-hydrogen) atoms. The van der Waals surface area contributed by atoms with Crippen LogP contribution in [0.2, 0.25) is 10.3 Å². The second-order valence-corrected chi connectivity index (χ2v) is 6.07. The monoisotopic (exact) mass is 350 g/mol. The molecule has 2 aromatic heterocycles. The smallest absolute Gasteiger partial charge is 0.154 e. The molecule has 90 valence electrons. The van der Waals surface area contributed by atoms with E-state index in [4.69, 9.17) is 23.2 Å². The number of aryl methyl sites for hydroxylation is 1. The lowest BCUT2D eigenvalue weighted by Gasteiger charge is -2.10. The van der Waals surface area contributed by atoms with Gasteiger partial charge in [0.1, 0.15) is 5.15 Å². The van der Waals surface area contributed by atoms with Crippen LogP contribution in [0, 0.1) is 6.92 Å². The zero-order chi connectivity index (χ0) is 12.4. The summed E-state index contributed by atoms with van der Waals surface area (Å²) in [6, 6.07) is 3.81. The standard InChI is InChI=1S/C11H9BrCl2N2S/c1-6-4-9(13)16-11(14)10(6)15-5-8-7(12)2-3-17-8/h2-4,15H,5H2,1H3. The van der Waals surface area contributed by atoms with Crippen molar-refractivity contribution in [3.8, 4) is 0 Å². The van der Waals surface area contributed by atoms with E-state index in [-0.39, 0.29) is 0 Å². The molecule has 0 unspecified atom stereocenters. The molecule has 0 spiro atoms. The highest BCUT2D eigenvalue weighted by Crippen LogP contribution is 2.29. The van der Waals surface area contributed by atoms with E-state index >= 15 is 0 Å². The highest BCUT2D eigenvalue weighted by Gasteiger charge is 2.08. The van der Waals surface area contributed by atoms with Crippen molar-refractivity contribution in [3.63, 3.8) is 0 Å².